The van der Waals surface area contributed by atoms with Crippen LogP contribution in [-0.2, 0) is 4.79 Å². The third-order valence-corrected chi connectivity index (χ3v) is 1.82. The number of rotatable bonds is 1. The maximum atomic E-state index is 10.4. The van der Waals surface area contributed by atoms with Gasteiger partial charge in [-0.1, -0.05) is 0 Å². The van der Waals surface area contributed by atoms with E-state index in [0.717, 1.165) is 6.08 Å². The molecule has 4 N–H and O–H groups in total. The van der Waals surface area contributed by atoms with E-state index < -0.39 is 24.3 Å². The Morgan fingerprint density at radius 3 is 2.42 bits per heavy atom. The molecule has 2 unspecified atom stereocenters. The first kappa shape index (κ1) is 9.18. The summed E-state index contributed by atoms with van der Waals surface area (Å²) in [6.07, 6.45) is -2.86. The molecule has 5 nitrogen and oxygen atoms in total. The fraction of sp³-hybridized carbons (Fsp3) is 0.571. The van der Waals surface area contributed by atoms with Crippen molar-refractivity contribution in [2.75, 3.05) is 0 Å². The molecule has 0 fully saturated rings. The summed E-state index contributed by atoms with van der Waals surface area (Å²) in [6, 6.07) is 0. The molecule has 0 aromatic carbocycles. The lowest BCUT2D eigenvalue weighted by atomic mass is 9.92. The van der Waals surface area contributed by atoms with E-state index in [2.05, 4.69) is 0 Å². The summed E-state index contributed by atoms with van der Waals surface area (Å²) in [5.74, 6) is -1.18. The molecule has 1 aliphatic carbocycles. The number of aliphatic carboxylic acids is 1. The van der Waals surface area contributed by atoms with Gasteiger partial charge in [0.05, 0.1) is 6.10 Å². The predicted octanol–water partition coefficient (Wildman–Crippen LogP) is -1.52. The Labute approximate surface area is 68.6 Å². The molecule has 0 spiro atoms. The standard InChI is InChI=1S/C7H10O5/c8-4-1-3(7(11)12)2-5(9)6(4)10/h1,4-6,8-10H,2H2,(H,11,12)/t4-,5?,6?/m1/s1. The molecule has 12 heavy (non-hydrogen) atoms. The highest BCUT2D eigenvalue weighted by Gasteiger charge is 2.31. The number of aliphatic hydroxyl groups is 3. The van der Waals surface area contributed by atoms with Crippen LogP contribution in [0.4, 0.5) is 0 Å². The van der Waals surface area contributed by atoms with Gasteiger partial charge in [0.1, 0.15) is 12.2 Å². The lowest BCUT2D eigenvalue weighted by Gasteiger charge is -2.25. The Balaban J connectivity index is 2.81. The monoisotopic (exact) mass is 174 g/mol. The topological polar surface area (TPSA) is 98.0 Å². The fourth-order valence-electron chi connectivity index (χ4n) is 1.11. The van der Waals surface area contributed by atoms with Gasteiger partial charge in [-0.2, -0.15) is 0 Å². The van der Waals surface area contributed by atoms with Crippen LogP contribution in [0.2, 0.25) is 0 Å². The Kier molecular flexibility index (Phi) is 2.46. The second-order valence-corrected chi connectivity index (χ2v) is 2.75. The summed E-state index contributed by atoms with van der Waals surface area (Å²) >= 11 is 0. The molecule has 0 aliphatic heterocycles. The number of hydrogen-bond acceptors (Lipinski definition) is 4. The van der Waals surface area contributed by atoms with Crippen LogP contribution in [0.15, 0.2) is 11.6 Å². The highest BCUT2D eigenvalue weighted by molar-refractivity contribution is 5.87. The zero-order valence-electron chi connectivity index (χ0n) is 6.21. The maximum Gasteiger partial charge on any atom is 0.331 e. The minimum Gasteiger partial charge on any atom is -0.478 e. The molecular formula is C7H10O5. The van der Waals surface area contributed by atoms with Crippen LogP contribution in [0.3, 0.4) is 0 Å². The fourth-order valence-corrected chi connectivity index (χ4v) is 1.11. The van der Waals surface area contributed by atoms with Gasteiger partial charge < -0.3 is 20.4 Å². The van der Waals surface area contributed by atoms with Crippen molar-refractivity contribution in [2.24, 2.45) is 0 Å². The van der Waals surface area contributed by atoms with Gasteiger partial charge >= 0.3 is 5.97 Å². The zero-order valence-corrected chi connectivity index (χ0v) is 6.21. The lowest BCUT2D eigenvalue weighted by Crippen LogP contribution is -2.40. The molecular weight excluding hydrogens is 164 g/mol. The number of carboxylic acid groups (broad SMARTS) is 1. The van der Waals surface area contributed by atoms with Crippen molar-refractivity contribution in [1.29, 1.82) is 0 Å². The van der Waals surface area contributed by atoms with E-state index in [9.17, 15) is 4.79 Å². The summed E-state index contributed by atoms with van der Waals surface area (Å²) < 4.78 is 0. The zero-order chi connectivity index (χ0) is 9.30. The summed E-state index contributed by atoms with van der Waals surface area (Å²) in [4.78, 5) is 10.4. The number of carboxylic acids is 1. The molecule has 5 heteroatoms. The Morgan fingerprint density at radius 2 is 2.00 bits per heavy atom. The van der Waals surface area contributed by atoms with Crippen LogP contribution < -0.4 is 0 Å². The van der Waals surface area contributed by atoms with E-state index >= 15 is 0 Å². The SMILES string of the molecule is O=C(O)C1=C[C@@H](O)C(O)C(O)C1. The van der Waals surface area contributed by atoms with Gasteiger partial charge in [-0.15, -0.1) is 0 Å². The van der Waals surface area contributed by atoms with Crippen LogP contribution in [0, 0.1) is 0 Å². The van der Waals surface area contributed by atoms with Gasteiger partial charge in [-0.05, 0) is 6.08 Å². The van der Waals surface area contributed by atoms with Gasteiger partial charge in [-0.3, -0.25) is 0 Å². The number of hydrogen-bond donors (Lipinski definition) is 4. The Bertz CT molecular complexity index is 222. The molecule has 0 amide bonds. The highest BCUT2D eigenvalue weighted by Crippen LogP contribution is 2.19. The van der Waals surface area contributed by atoms with Crippen molar-refractivity contribution in [3.8, 4) is 0 Å². The third kappa shape index (κ3) is 1.63. The van der Waals surface area contributed by atoms with Crippen molar-refractivity contribution in [3.63, 3.8) is 0 Å². The molecule has 1 aliphatic rings. The van der Waals surface area contributed by atoms with E-state index in [1.807, 2.05) is 0 Å². The first-order valence-electron chi connectivity index (χ1n) is 3.50. The molecule has 0 bridgehead atoms. The quantitative estimate of drug-likeness (QED) is 0.387. The van der Waals surface area contributed by atoms with Crippen molar-refractivity contribution < 1.29 is 25.2 Å². The van der Waals surface area contributed by atoms with E-state index in [0.29, 0.717) is 0 Å². The normalized spacial score (nSPS) is 35.9. The van der Waals surface area contributed by atoms with Gasteiger partial charge in [0, 0.05) is 12.0 Å². The van der Waals surface area contributed by atoms with E-state index in [-0.39, 0.29) is 12.0 Å². The van der Waals surface area contributed by atoms with Crippen LogP contribution in [-0.4, -0.2) is 44.7 Å². The largest absolute Gasteiger partial charge is 0.478 e. The van der Waals surface area contributed by atoms with Crippen molar-refractivity contribution in [2.45, 2.75) is 24.7 Å². The van der Waals surface area contributed by atoms with Crippen molar-refractivity contribution >= 4 is 5.97 Å². The number of aliphatic hydroxyl groups excluding tert-OH is 3. The summed E-state index contributed by atoms with van der Waals surface area (Å²) in [5.41, 5.74) is -0.0692. The Morgan fingerprint density at radius 1 is 1.42 bits per heavy atom. The second kappa shape index (κ2) is 3.22. The number of carbonyl (C=O) groups is 1. The van der Waals surface area contributed by atoms with Crippen molar-refractivity contribution in [1.82, 2.24) is 0 Å². The molecule has 0 saturated heterocycles. The van der Waals surface area contributed by atoms with Gasteiger partial charge in [-0.25, -0.2) is 4.79 Å². The van der Waals surface area contributed by atoms with Gasteiger partial charge in [0.2, 0.25) is 0 Å². The van der Waals surface area contributed by atoms with Crippen LogP contribution >= 0.6 is 0 Å². The van der Waals surface area contributed by atoms with E-state index in [1.165, 1.54) is 0 Å². The molecule has 0 aromatic rings. The average Bonchev–Trinajstić information content (AvgIpc) is 1.99. The minimum atomic E-state index is -1.29. The van der Waals surface area contributed by atoms with Gasteiger partial charge in [0.15, 0.2) is 0 Å². The average molecular weight is 174 g/mol. The maximum absolute atomic E-state index is 10.4. The lowest BCUT2D eigenvalue weighted by molar-refractivity contribution is -0.134. The first-order chi connectivity index (χ1) is 5.52. The predicted molar refractivity (Wildman–Crippen MR) is 38.4 cm³/mol. The smallest absolute Gasteiger partial charge is 0.331 e. The Hall–Kier alpha value is -0.910. The molecule has 1 rings (SSSR count). The first-order valence-corrected chi connectivity index (χ1v) is 3.50. The van der Waals surface area contributed by atoms with Gasteiger partial charge in [0.25, 0.3) is 0 Å². The van der Waals surface area contributed by atoms with E-state index in [1.54, 1.807) is 0 Å². The molecule has 0 heterocycles. The molecule has 68 valence electrons. The van der Waals surface area contributed by atoms with E-state index in [4.69, 9.17) is 20.4 Å². The van der Waals surface area contributed by atoms with Crippen LogP contribution in [0.1, 0.15) is 6.42 Å². The molecule has 0 radical (unpaired) electrons. The molecule has 3 atom stereocenters. The minimum absolute atomic E-state index is 0.0692. The highest BCUT2D eigenvalue weighted by atomic mass is 16.4. The summed E-state index contributed by atoms with van der Waals surface area (Å²) in [6.45, 7) is 0. The summed E-state index contributed by atoms with van der Waals surface area (Å²) in [7, 11) is 0. The van der Waals surface area contributed by atoms with Crippen LogP contribution in [0.5, 0.6) is 0 Å². The van der Waals surface area contributed by atoms with Crippen molar-refractivity contribution in [3.05, 3.63) is 11.6 Å². The van der Waals surface area contributed by atoms with Crippen LogP contribution in [0.25, 0.3) is 0 Å². The second-order valence-electron chi connectivity index (χ2n) is 2.75. The summed E-state index contributed by atoms with van der Waals surface area (Å²) in [5, 5.41) is 35.6. The third-order valence-electron chi connectivity index (χ3n) is 1.82. The molecule has 0 aromatic heterocycles. The molecule has 0 saturated carbocycles.